The van der Waals surface area contributed by atoms with Gasteiger partial charge in [0.25, 0.3) is 5.91 Å². The molecule has 0 radical (unpaired) electrons. The van der Waals surface area contributed by atoms with E-state index in [4.69, 9.17) is 0 Å². The molecule has 1 aromatic carbocycles. The Bertz CT molecular complexity index is 591. The molecule has 0 saturated heterocycles. The van der Waals surface area contributed by atoms with Crippen LogP contribution in [0.1, 0.15) is 43.0 Å². The predicted octanol–water partition coefficient (Wildman–Crippen LogP) is 2.58. The van der Waals surface area contributed by atoms with Crippen molar-refractivity contribution in [1.82, 2.24) is 20.1 Å². The summed E-state index contributed by atoms with van der Waals surface area (Å²) in [6.07, 6.45) is 7.91. The highest BCUT2D eigenvalue weighted by Crippen LogP contribution is 2.24. The number of nitrogens with one attached hydrogen (secondary N) is 1. The van der Waals surface area contributed by atoms with Crippen LogP contribution in [-0.2, 0) is 0 Å². The van der Waals surface area contributed by atoms with E-state index >= 15 is 0 Å². The lowest BCUT2D eigenvalue weighted by Crippen LogP contribution is -2.41. The van der Waals surface area contributed by atoms with Crippen molar-refractivity contribution >= 4 is 5.91 Å². The average molecular weight is 284 g/mol. The van der Waals surface area contributed by atoms with Gasteiger partial charge in [-0.2, -0.15) is 5.10 Å². The molecular formula is C16H20N4O. The first-order valence-electron chi connectivity index (χ1n) is 7.50. The van der Waals surface area contributed by atoms with E-state index in [0.29, 0.717) is 17.5 Å². The molecule has 5 heteroatoms. The SMILES string of the molecule is C[C@@H]1CCCC[C@@H]1NC(=O)c1ccc(-n2cncn2)cc1. The van der Waals surface area contributed by atoms with Crippen LogP contribution in [0.5, 0.6) is 0 Å². The third-order valence-electron chi connectivity index (χ3n) is 4.24. The molecule has 2 atom stereocenters. The first-order chi connectivity index (χ1) is 10.2. The lowest BCUT2D eigenvalue weighted by molar-refractivity contribution is 0.0910. The van der Waals surface area contributed by atoms with Gasteiger partial charge >= 0.3 is 0 Å². The molecule has 0 aliphatic heterocycles. The van der Waals surface area contributed by atoms with Gasteiger partial charge < -0.3 is 5.32 Å². The summed E-state index contributed by atoms with van der Waals surface area (Å²) in [4.78, 5) is 16.2. The molecule has 2 aromatic rings. The van der Waals surface area contributed by atoms with Crippen LogP contribution in [0.4, 0.5) is 0 Å². The Morgan fingerprint density at radius 2 is 2.00 bits per heavy atom. The van der Waals surface area contributed by atoms with Crippen molar-refractivity contribution in [2.24, 2.45) is 5.92 Å². The number of hydrogen-bond acceptors (Lipinski definition) is 3. The van der Waals surface area contributed by atoms with E-state index < -0.39 is 0 Å². The molecule has 5 nitrogen and oxygen atoms in total. The van der Waals surface area contributed by atoms with E-state index in [0.717, 1.165) is 12.1 Å². The van der Waals surface area contributed by atoms with Gasteiger partial charge in [0.05, 0.1) is 5.69 Å². The lowest BCUT2D eigenvalue weighted by Gasteiger charge is -2.29. The summed E-state index contributed by atoms with van der Waals surface area (Å²) in [6, 6.07) is 7.74. The number of nitrogens with zero attached hydrogens (tertiary/aromatic N) is 3. The smallest absolute Gasteiger partial charge is 0.251 e. The largest absolute Gasteiger partial charge is 0.349 e. The molecule has 0 bridgehead atoms. The fourth-order valence-corrected chi connectivity index (χ4v) is 2.89. The van der Waals surface area contributed by atoms with Crippen LogP contribution in [0.3, 0.4) is 0 Å². The highest BCUT2D eigenvalue weighted by Gasteiger charge is 2.23. The lowest BCUT2D eigenvalue weighted by atomic mass is 9.86. The van der Waals surface area contributed by atoms with Crippen molar-refractivity contribution in [3.63, 3.8) is 0 Å². The molecular weight excluding hydrogens is 264 g/mol. The molecule has 1 amide bonds. The summed E-state index contributed by atoms with van der Waals surface area (Å²) in [5.41, 5.74) is 1.59. The van der Waals surface area contributed by atoms with Crippen LogP contribution in [-0.4, -0.2) is 26.7 Å². The van der Waals surface area contributed by atoms with Gasteiger partial charge in [0.15, 0.2) is 0 Å². The van der Waals surface area contributed by atoms with Gasteiger partial charge in [0.2, 0.25) is 0 Å². The summed E-state index contributed by atoms with van der Waals surface area (Å²) >= 11 is 0. The second-order valence-electron chi connectivity index (χ2n) is 5.73. The number of rotatable bonds is 3. The summed E-state index contributed by atoms with van der Waals surface area (Å²) < 4.78 is 1.67. The van der Waals surface area contributed by atoms with E-state index in [1.54, 1.807) is 11.0 Å². The van der Waals surface area contributed by atoms with E-state index in [1.807, 2.05) is 24.3 Å². The molecule has 1 heterocycles. The summed E-state index contributed by atoms with van der Waals surface area (Å²) in [5.74, 6) is 0.580. The van der Waals surface area contributed by atoms with Crippen LogP contribution in [0.2, 0.25) is 0 Å². The highest BCUT2D eigenvalue weighted by molar-refractivity contribution is 5.94. The zero-order chi connectivity index (χ0) is 14.7. The first-order valence-corrected chi connectivity index (χ1v) is 7.50. The third kappa shape index (κ3) is 3.12. The van der Waals surface area contributed by atoms with Gasteiger partial charge in [0.1, 0.15) is 12.7 Å². The summed E-state index contributed by atoms with van der Waals surface area (Å²) in [7, 11) is 0. The standard InChI is InChI=1S/C16H20N4O/c1-12-4-2-3-5-15(12)19-16(21)13-6-8-14(9-7-13)20-11-17-10-18-20/h6-12,15H,2-5H2,1H3,(H,19,21)/t12-,15+/m1/s1. The molecule has 1 aliphatic carbocycles. The third-order valence-corrected chi connectivity index (χ3v) is 4.24. The van der Waals surface area contributed by atoms with Crippen molar-refractivity contribution in [3.8, 4) is 5.69 Å². The molecule has 1 fully saturated rings. The van der Waals surface area contributed by atoms with Crippen molar-refractivity contribution in [1.29, 1.82) is 0 Å². The predicted molar refractivity (Wildman–Crippen MR) is 80.2 cm³/mol. The van der Waals surface area contributed by atoms with Crippen LogP contribution < -0.4 is 5.32 Å². The van der Waals surface area contributed by atoms with Crippen LogP contribution in [0.25, 0.3) is 5.69 Å². The van der Waals surface area contributed by atoms with Crippen LogP contribution >= 0.6 is 0 Å². The number of carbonyl (C=O) groups is 1. The Labute approximate surface area is 124 Å². The molecule has 21 heavy (non-hydrogen) atoms. The molecule has 1 aliphatic rings. The van der Waals surface area contributed by atoms with E-state index in [-0.39, 0.29) is 5.91 Å². The molecule has 1 aromatic heterocycles. The summed E-state index contributed by atoms with van der Waals surface area (Å²) in [6.45, 7) is 2.22. The highest BCUT2D eigenvalue weighted by atomic mass is 16.1. The Hall–Kier alpha value is -2.17. The normalized spacial score (nSPS) is 22.0. The Morgan fingerprint density at radius 1 is 1.24 bits per heavy atom. The van der Waals surface area contributed by atoms with Crippen LogP contribution in [0.15, 0.2) is 36.9 Å². The topological polar surface area (TPSA) is 59.8 Å². The number of amides is 1. The maximum absolute atomic E-state index is 12.3. The van der Waals surface area contributed by atoms with E-state index in [9.17, 15) is 4.79 Å². The zero-order valence-electron chi connectivity index (χ0n) is 12.2. The van der Waals surface area contributed by atoms with Crippen molar-refractivity contribution in [2.45, 2.75) is 38.6 Å². The second kappa shape index (κ2) is 6.08. The van der Waals surface area contributed by atoms with Crippen molar-refractivity contribution < 1.29 is 4.79 Å². The first kappa shape index (κ1) is 13.8. The van der Waals surface area contributed by atoms with Gasteiger partial charge in [-0.3, -0.25) is 4.79 Å². The quantitative estimate of drug-likeness (QED) is 0.942. The Kier molecular flexibility index (Phi) is 3.99. The molecule has 0 unspecified atom stereocenters. The van der Waals surface area contributed by atoms with Gasteiger partial charge in [-0.05, 0) is 43.0 Å². The van der Waals surface area contributed by atoms with E-state index in [1.165, 1.54) is 25.6 Å². The molecule has 1 N–H and O–H groups in total. The maximum Gasteiger partial charge on any atom is 0.251 e. The van der Waals surface area contributed by atoms with Gasteiger partial charge in [-0.25, -0.2) is 9.67 Å². The molecule has 110 valence electrons. The van der Waals surface area contributed by atoms with Gasteiger partial charge in [0, 0.05) is 11.6 Å². The number of aromatic nitrogens is 3. The minimum Gasteiger partial charge on any atom is -0.349 e. The van der Waals surface area contributed by atoms with Gasteiger partial charge in [-0.1, -0.05) is 19.8 Å². The number of benzene rings is 1. The fraction of sp³-hybridized carbons (Fsp3) is 0.438. The Morgan fingerprint density at radius 3 is 2.67 bits per heavy atom. The monoisotopic (exact) mass is 284 g/mol. The maximum atomic E-state index is 12.3. The van der Waals surface area contributed by atoms with E-state index in [2.05, 4.69) is 22.3 Å². The van der Waals surface area contributed by atoms with Gasteiger partial charge in [-0.15, -0.1) is 0 Å². The minimum absolute atomic E-state index is 0.0129. The zero-order valence-corrected chi connectivity index (χ0v) is 12.2. The Balaban J connectivity index is 1.67. The number of carbonyl (C=O) groups excluding carboxylic acids is 1. The van der Waals surface area contributed by atoms with Crippen molar-refractivity contribution in [2.75, 3.05) is 0 Å². The molecule has 1 saturated carbocycles. The fourth-order valence-electron chi connectivity index (χ4n) is 2.89. The average Bonchev–Trinajstić information content (AvgIpc) is 3.04. The minimum atomic E-state index is 0.0129. The second-order valence-corrected chi connectivity index (χ2v) is 5.73. The molecule has 0 spiro atoms. The molecule has 3 rings (SSSR count). The van der Waals surface area contributed by atoms with Crippen LogP contribution in [0, 0.1) is 5.92 Å². The summed E-state index contributed by atoms with van der Waals surface area (Å²) in [5, 5.41) is 7.23. The van der Waals surface area contributed by atoms with Crippen molar-refractivity contribution in [3.05, 3.63) is 42.5 Å². The number of hydrogen-bond donors (Lipinski definition) is 1.